The zero-order valence-electron chi connectivity index (χ0n) is 12.0. The lowest BCUT2D eigenvalue weighted by Crippen LogP contribution is -2.14. The minimum absolute atomic E-state index is 0.104. The van der Waals surface area contributed by atoms with Crippen LogP contribution in [0, 0.1) is 3.57 Å². The number of halogens is 2. The topological polar surface area (TPSA) is 26.0 Å². The lowest BCUT2D eigenvalue weighted by Gasteiger charge is -2.21. The Morgan fingerprint density at radius 1 is 1.05 bits per heavy atom. The van der Waals surface area contributed by atoms with Crippen LogP contribution in [-0.2, 0) is 5.41 Å². The molecule has 0 saturated carbocycles. The zero-order chi connectivity index (χ0) is 14.9. The van der Waals surface area contributed by atoms with E-state index in [0.29, 0.717) is 0 Å². The summed E-state index contributed by atoms with van der Waals surface area (Å²) in [7, 11) is 0. The van der Waals surface area contributed by atoms with Gasteiger partial charge in [-0.3, -0.25) is 0 Å². The van der Waals surface area contributed by atoms with E-state index in [-0.39, 0.29) is 11.5 Å². The summed E-state index contributed by atoms with van der Waals surface area (Å²) in [6.45, 7) is 6.66. The monoisotopic (exact) mass is 443 g/mol. The van der Waals surface area contributed by atoms with E-state index < -0.39 is 0 Å². The van der Waals surface area contributed by atoms with Gasteiger partial charge >= 0.3 is 0 Å². The Morgan fingerprint density at radius 3 is 2.20 bits per heavy atom. The van der Waals surface area contributed by atoms with Crippen LogP contribution < -0.4 is 5.73 Å². The van der Waals surface area contributed by atoms with Crippen molar-refractivity contribution >= 4 is 38.5 Å². The number of benzene rings is 2. The highest BCUT2D eigenvalue weighted by atomic mass is 127. The average Bonchev–Trinajstić information content (AvgIpc) is 2.40. The highest BCUT2D eigenvalue weighted by Gasteiger charge is 2.16. The lowest BCUT2D eigenvalue weighted by molar-refractivity contribution is 0.589. The van der Waals surface area contributed by atoms with Crippen molar-refractivity contribution in [1.29, 1.82) is 0 Å². The van der Waals surface area contributed by atoms with E-state index >= 15 is 0 Å². The molecule has 1 atom stereocenters. The molecule has 2 aromatic rings. The minimum Gasteiger partial charge on any atom is -0.320 e. The van der Waals surface area contributed by atoms with E-state index in [9.17, 15) is 0 Å². The van der Waals surface area contributed by atoms with E-state index in [1.54, 1.807) is 0 Å². The summed E-state index contributed by atoms with van der Waals surface area (Å²) in [5.74, 6) is 0. The number of nitrogens with two attached hydrogens (primary N) is 1. The number of hydrogen-bond donors (Lipinski definition) is 1. The maximum atomic E-state index is 6.41. The Morgan fingerprint density at radius 2 is 1.65 bits per heavy atom. The molecule has 20 heavy (non-hydrogen) atoms. The summed E-state index contributed by atoms with van der Waals surface area (Å²) in [6.07, 6.45) is 0. The fourth-order valence-corrected chi connectivity index (χ4v) is 3.13. The Labute approximate surface area is 143 Å². The quantitative estimate of drug-likeness (QED) is 0.618. The maximum absolute atomic E-state index is 6.41. The van der Waals surface area contributed by atoms with Gasteiger partial charge in [0, 0.05) is 8.04 Å². The molecule has 0 fully saturated rings. The molecule has 0 radical (unpaired) electrons. The van der Waals surface area contributed by atoms with Gasteiger partial charge in [-0.25, -0.2) is 0 Å². The molecule has 0 aromatic heterocycles. The fourth-order valence-electron chi connectivity index (χ4n) is 2.12. The molecule has 0 spiro atoms. The molecule has 1 unspecified atom stereocenters. The maximum Gasteiger partial charge on any atom is 0.0563 e. The highest BCUT2D eigenvalue weighted by molar-refractivity contribution is 14.1. The molecule has 2 rings (SSSR count). The summed E-state index contributed by atoms with van der Waals surface area (Å²) in [6, 6.07) is 14.8. The van der Waals surface area contributed by atoms with E-state index in [2.05, 4.69) is 102 Å². The van der Waals surface area contributed by atoms with Crippen LogP contribution in [0.5, 0.6) is 0 Å². The summed E-state index contributed by atoms with van der Waals surface area (Å²) >= 11 is 5.91. The zero-order valence-corrected chi connectivity index (χ0v) is 15.7. The predicted octanol–water partition coefficient (Wildman–Crippen LogP) is 5.40. The van der Waals surface area contributed by atoms with Crippen LogP contribution in [0.25, 0.3) is 0 Å². The normalized spacial score (nSPS) is 13.3. The van der Waals surface area contributed by atoms with Gasteiger partial charge in [-0.2, -0.15) is 0 Å². The van der Waals surface area contributed by atoms with Crippen LogP contribution in [0.3, 0.4) is 0 Å². The summed E-state index contributed by atoms with van der Waals surface area (Å²) in [4.78, 5) is 0. The third-order valence-electron chi connectivity index (χ3n) is 3.43. The van der Waals surface area contributed by atoms with Crippen molar-refractivity contribution in [3.63, 3.8) is 0 Å². The van der Waals surface area contributed by atoms with Gasteiger partial charge in [-0.1, -0.05) is 61.0 Å². The smallest absolute Gasteiger partial charge is 0.0563 e. The van der Waals surface area contributed by atoms with Crippen LogP contribution >= 0.6 is 38.5 Å². The van der Waals surface area contributed by atoms with Gasteiger partial charge in [0.25, 0.3) is 0 Å². The predicted molar refractivity (Wildman–Crippen MR) is 98.0 cm³/mol. The fraction of sp³-hybridized carbons (Fsp3) is 0.294. The Kier molecular flexibility index (Phi) is 4.92. The highest BCUT2D eigenvalue weighted by Crippen LogP contribution is 2.30. The SMILES string of the molecule is CC(C)(C)c1ccc(C(N)c2cc(I)ccc2Br)cc1. The molecule has 0 heterocycles. The molecule has 0 bridgehead atoms. The molecule has 106 valence electrons. The molecule has 0 saturated heterocycles. The third-order valence-corrected chi connectivity index (χ3v) is 4.82. The molecule has 2 N–H and O–H groups in total. The van der Waals surface area contributed by atoms with Gasteiger partial charge < -0.3 is 5.73 Å². The van der Waals surface area contributed by atoms with Crippen molar-refractivity contribution in [1.82, 2.24) is 0 Å². The van der Waals surface area contributed by atoms with Crippen LogP contribution in [0.4, 0.5) is 0 Å². The van der Waals surface area contributed by atoms with Gasteiger partial charge in [-0.15, -0.1) is 0 Å². The standard InChI is InChI=1S/C17H19BrIN/c1-17(2,3)12-6-4-11(5-7-12)16(20)14-10-13(19)8-9-15(14)18/h4-10,16H,20H2,1-3H3. The first kappa shape index (κ1) is 16.0. The largest absolute Gasteiger partial charge is 0.320 e. The molecule has 0 aliphatic rings. The van der Waals surface area contributed by atoms with Crippen molar-refractivity contribution in [2.75, 3.05) is 0 Å². The molecule has 2 aromatic carbocycles. The van der Waals surface area contributed by atoms with E-state index in [0.717, 1.165) is 15.6 Å². The van der Waals surface area contributed by atoms with Crippen LogP contribution in [0.15, 0.2) is 46.9 Å². The van der Waals surface area contributed by atoms with Gasteiger partial charge in [0.2, 0.25) is 0 Å². The number of hydrogen-bond acceptors (Lipinski definition) is 1. The van der Waals surface area contributed by atoms with Gasteiger partial charge in [-0.05, 0) is 62.9 Å². The molecule has 0 aliphatic heterocycles. The average molecular weight is 444 g/mol. The van der Waals surface area contributed by atoms with Crippen molar-refractivity contribution in [2.24, 2.45) is 5.73 Å². The number of rotatable bonds is 2. The first-order chi connectivity index (χ1) is 9.29. The second-order valence-corrected chi connectivity index (χ2v) is 8.12. The van der Waals surface area contributed by atoms with Crippen LogP contribution in [-0.4, -0.2) is 0 Å². The Bertz CT molecular complexity index is 599. The molecule has 0 aliphatic carbocycles. The lowest BCUT2D eigenvalue weighted by atomic mass is 9.86. The van der Waals surface area contributed by atoms with Crippen molar-refractivity contribution in [2.45, 2.75) is 32.2 Å². The van der Waals surface area contributed by atoms with Gasteiger partial charge in [0.1, 0.15) is 0 Å². The van der Waals surface area contributed by atoms with Crippen molar-refractivity contribution in [3.05, 3.63) is 67.2 Å². The van der Waals surface area contributed by atoms with Gasteiger partial charge in [0.15, 0.2) is 0 Å². The molecular weight excluding hydrogens is 425 g/mol. The second kappa shape index (κ2) is 6.16. The first-order valence-corrected chi connectivity index (χ1v) is 8.47. The molecular formula is C17H19BrIN. The van der Waals surface area contributed by atoms with E-state index in [1.807, 2.05) is 0 Å². The molecule has 3 heteroatoms. The Balaban J connectivity index is 2.34. The van der Waals surface area contributed by atoms with E-state index in [1.165, 1.54) is 9.13 Å². The summed E-state index contributed by atoms with van der Waals surface area (Å²) in [5.41, 5.74) is 10.2. The minimum atomic E-state index is -0.104. The summed E-state index contributed by atoms with van der Waals surface area (Å²) in [5, 5.41) is 0. The molecule has 1 nitrogen and oxygen atoms in total. The van der Waals surface area contributed by atoms with Crippen molar-refractivity contribution in [3.8, 4) is 0 Å². The summed E-state index contributed by atoms with van der Waals surface area (Å²) < 4.78 is 2.26. The van der Waals surface area contributed by atoms with Crippen molar-refractivity contribution < 1.29 is 0 Å². The second-order valence-electron chi connectivity index (χ2n) is 6.02. The first-order valence-electron chi connectivity index (χ1n) is 6.60. The van der Waals surface area contributed by atoms with E-state index in [4.69, 9.17) is 5.73 Å². The third kappa shape index (κ3) is 3.62. The van der Waals surface area contributed by atoms with Gasteiger partial charge in [0.05, 0.1) is 6.04 Å². The van der Waals surface area contributed by atoms with Crippen LogP contribution in [0.2, 0.25) is 0 Å². The van der Waals surface area contributed by atoms with Crippen LogP contribution in [0.1, 0.15) is 43.5 Å². The Hall–Kier alpha value is -0.390. The molecule has 0 amide bonds.